The van der Waals surface area contributed by atoms with Crippen LogP contribution in [0.2, 0.25) is 0 Å². The Bertz CT molecular complexity index is 687. The molecule has 1 atom stereocenters. The number of benzene rings is 1. The van der Waals surface area contributed by atoms with Crippen molar-refractivity contribution in [2.45, 2.75) is 25.4 Å². The number of rotatable bonds is 7. The number of aryl methyl sites for hydroxylation is 1. The smallest absolute Gasteiger partial charge is 0.220 e. The van der Waals surface area contributed by atoms with E-state index in [0.29, 0.717) is 17.7 Å². The third kappa shape index (κ3) is 5.03. The Morgan fingerprint density at radius 3 is 2.71 bits per heavy atom. The van der Waals surface area contributed by atoms with Gasteiger partial charge in [0.05, 0.1) is 19.9 Å². The molecule has 2 N–H and O–H groups in total. The number of pyridine rings is 1. The topological polar surface area (TPSA) is 71.5 Å². The molecular formula is C18H21FN2O3. The van der Waals surface area contributed by atoms with Crippen molar-refractivity contribution in [3.63, 3.8) is 0 Å². The van der Waals surface area contributed by atoms with E-state index in [4.69, 9.17) is 4.74 Å². The number of methoxy groups -OCH3 is 1. The number of aromatic nitrogens is 1. The fraction of sp³-hybridized carbons (Fsp3) is 0.333. The number of hydrogen-bond donors (Lipinski definition) is 2. The molecule has 6 heteroatoms. The van der Waals surface area contributed by atoms with Crippen molar-refractivity contribution in [2.24, 2.45) is 0 Å². The number of amides is 1. The second kappa shape index (κ2) is 7.88. The molecule has 0 spiro atoms. The van der Waals surface area contributed by atoms with Crippen molar-refractivity contribution in [1.82, 2.24) is 10.3 Å². The van der Waals surface area contributed by atoms with E-state index in [-0.39, 0.29) is 24.7 Å². The van der Waals surface area contributed by atoms with Crippen molar-refractivity contribution in [3.8, 4) is 5.75 Å². The summed E-state index contributed by atoms with van der Waals surface area (Å²) in [5.74, 6) is 0.0952. The summed E-state index contributed by atoms with van der Waals surface area (Å²) in [6, 6.07) is 7.39. The third-order valence-corrected chi connectivity index (χ3v) is 3.74. The van der Waals surface area contributed by atoms with Crippen LogP contribution in [-0.4, -0.2) is 29.7 Å². The molecule has 128 valence electrons. The highest BCUT2D eigenvalue weighted by atomic mass is 19.1. The van der Waals surface area contributed by atoms with Crippen molar-refractivity contribution in [2.75, 3.05) is 13.7 Å². The van der Waals surface area contributed by atoms with Crippen molar-refractivity contribution in [1.29, 1.82) is 0 Å². The van der Waals surface area contributed by atoms with Crippen LogP contribution in [0.1, 0.15) is 24.5 Å². The van der Waals surface area contributed by atoms with Crippen LogP contribution in [0.15, 0.2) is 42.7 Å². The van der Waals surface area contributed by atoms with Gasteiger partial charge in [-0.1, -0.05) is 12.1 Å². The number of hydrogen-bond acceptors (Lipinski definition) is 4. The summed E-state index contributed by atoms with van der Waals surface area (Å²) in [7, 11) is 1.56. The number of aliphatic hydroxyl groups is 1. The molecule has 5 nitrogen and oxygen atoms in total. The lowest BCUT2D eigenvalue weighted by atomic mass is 9.96. The van der Waals surface area contributed by atoms with Gasteiger partial charge in [-0.25, -0.2) is 4.39 Å². The molecule has 1 amide bonds. The van der Waals surface area contributed by atoms with E-state index in [1.165, 1.54) is 24.3 Å². The second-order valence-corrected chi connectivity index (χ2v) is 5.79. The molecular weight excluding hydrogens is 311 g/mol. The molecule has 24 heavy (non-hydrogen) atoms. The van der Waals surface area contributed by atoms with E-state index in [2.05, 4.69) is 10.3 Å². The molecule has 0 bridgehead atoms. The summed E-state index contributed by atoms with van der Waals surface area (Å²) in [5.41, 5.74) is 0.178. The molecule has 0 saturated heterocycles. The van der Waals surface area contributed by atoms with Gasteiger partial charge >= 0.3 is 0 Å². The molecule has 0 radical (unpaired) electrons. The van der Waals surface area contributed by atoms with Crippen LogP contribution in [0.3, 0.4) is 0 Å². The monoisotopic (exact) mass is 332 g/mol. The van der Waals surface area contributed by atoms with Gasteiger partial charge in [0, 0.05) is 12.6 Å². The van der Waals surface area contributed by atoms with E-state index in [1.807, 2.05) is 6.07 Å². The van der Waals surface area contributed by atoms with Crippen LogP contribution in [0.5, 0.6) is 5.75 Å². The maximum atomic E-state index is 12.9. The van der Waals surface area contributed by atoms with Crippen LogP contribution in [0, 0.1) is 5.82 Å². The quantitative estimate of drug-likeness (QED) is 0.815. The Balaban J connectivity index is 1.84. The normalized spacial score (nSPS) is 13.2. The predicted octanol–water partition coefficient (Wildman–Crippen LogP) is 2.19. The zero-order valence-corrected chi connectivity index (χ0v) is 13.8. The molecule has 0 aliphatic carbocycles. The fourth-order valence-electron chi connectivity index (χ4n) is 2.24. The fourth-order valence-corrected chi connectivity index (χ4v) is 2.24. The Hall–Kier alpha value is -2.47. The Kier molecular flexibility index (Phi) is 5.87. The summed E-state index contributed by atoms with van der Waals surface area (Å²) >= 11 is 0. The molecule has 2 rings (SSSR count). The number of ether oxygens (including phenoxy) is 1. The van der Waals surface area contributed by atoms with Gasteiger partial charge in [0.1, 0.15) is 17.2 Å². The summed E-state index contributed by atoms with van der Waals surface area (Å²) in [4.78, 5) is 16.0. The van der Waals surface area contributed by atoms with Crippen LogP contribution < -0.4 is 10.1 Å². The largest absolute Gasteiger partial charge is 0.495 e. The van der Waals surface area contributed by atoms with Crippen molar-refractivity contribution >= 4 is 5.91 Å². The van der Waals surface area contributed by atoms with E-state index >= 15 is 0 Å². The zero-order chi connectivity index (χ0) is 17.6. The van der Waals surface area contributed by atoms with Crippen molar-refractivity contribution < 1.29 is 19.0 Å². The van der Waals surface area contributed by atoms with Crippen LogP contribution in [0.25, 0.3) is 0 Å². The highest BCUT2D eigenvalue weighted by molar-refractivity contribution is 5.76. The first-order valence-electron chi connectivity index (χ1n) is 7.64. The molecule has 0 aliphatic heterocycles. The first-order chi connectivity index (χ1) is 11.4. The van der Waals surface area contributed by atoms with Gasteiger partial charge in [0.25, 0.3) is 0 Å². The minimum Gasteiger partial charge on any atom is -0.495 e. The van der Waals surface area contributed by atoms with Crippen molar-refractivity contribution in [3.05, 3.63) is 59.7 Å². The highest BCUT2D eigenvalue weighted by Gasteiger charge is 2.23. The lowest BCUT2D eigenvalue weighted by Crippen LogP contribution is -2.38. The average molecular weight is 332 g/mol. The first-order valence-corrected chi connectivity index (χ1v) is 7.64. The van der Waals surface area contributed by atoms with Gasteiger partial charge in [0.15, 0.2) is 0 Å². The number of carbonyl (C=O) groups is 1. The van der Waals surface area contributed by atoms with Crippen LogP contribution >= 0.6 is 0 Å². The number of nitrogens with zero attached hydrogens (tertiary/aromatic N) is 1. The van der Waals surface area contributed by atoms with Gasteiger partial charge < -0.3 is 15.2 Å². The Morgan fingerprint density at radius 1 is 1.33 bits per heavy atom. The molecule has 1 aromatic carbocycles. The summed E-state index contributed by atoms with van der Waals surface area (Å²) in [6.07, 6.45) is 4.08. The average Bonchev–Trinajstić information content (AvgIpc) is 2.59. The number of nitrogens with one attached hydrogen (secondary N) is 1. The first kappa shape index (κ1) is 17.9. The summed E-state index contributed by atoms with van der Waals surface area (Å²) in [6.45, 7) is 1.63. The Morgan fingerprint density at radius 2 is 2.04 bits per heavy atom. The maximum Gasteiger partial charge on any atom is 0.220 e. The maximum absolute atomic E-state index is 12.9. The van der Waals surface area contributed by atoms with Gasteiger partial charge in [-0.15, -0.1) is 0 Å². The number of carbonyl (C=O) groups excluding carboxylic acids is 1. The minimum atomic E-state index is -1.26. The van der Waals surface area contributed by atoms with E-state index in [0.717, 1.165) is 5.56 Å². The molecule has 0 saturated carbocycles. The molecule has 1 aromatic heterocycles. The molecule has 2 aromatic rings. The predicted molar refractivity (Wildman–Crippen MR) is 88.1 cm³/mol. The number of halogens is 1. The summed E-state index contributed by atoms with van der Waals surface area (Å²) in [5, 5.41) is 13.1. The van der Waals surface area contributed by atoms with E-state index in [9.17, 15) is 14.3 Å². The molecule has 1 unspecified atom stereocenters. The third-order valence-electron chi connectivity index (χ3n) is 3.74. The Labute approximate surface area is 140 Å². The van der Waals surface area contributed by atoms with Crippen LogP contribution in [0.4, 0.5) is 4.39 Å². The molecule has 0 aliphatic rings. The van der Waals surface area contributed by atoms with Gasteiger partial charge in [0.2, 0.25) is 5.91 Å². The highest BCUT2D eigenvalue weighted by Crippen LogP contribution is 2.20. The lowest BCUT2D eigenvalue weighted by molar-refractivity contribution is -0.122. The van der Waals surface area contributed by atoms with Gasteiger partial charge in [-0.05, 0) is 42.7 Å². The van der Waals surface area contributed by atoms with Gasteiger partial charge in [-0.3, -0.25) is 9.78 Å². The standard InChI is InChI=1S/C18H21FN2O3/c1-18(23,14-4-6-15(19)7-5-14)12-21-17(22)8-3-13-9-16(24-2)11-20-10-13/h4-7,9-11,23H,3,8,12H2,1-2H3,(H,21,22). The second-order valence-electron chi connectivity index (χ2n) is 5.79. The zero-order valence-electron chi connectivity index (χ0n) is 13.8. The molecule has 1 heterocycles. The summed E-state index contributed by atoms with van der Waals surface area (Å²) < 4.78 is 18.0. The minimum absolute atomic E-state index is 0.0494. The molecule has 0 fully saturated rings. The van der Waals surface area contributed by atoms with E-state index in [1.54, 1.807) is 26.4 Å². The SMILES string of the molecule is COc1cncc(CCC(=O)NCC(C)(O)c2ccc(F)cc2)c1. The van der Waals surface area contributed by atoms with Crippen LogP contribution in [-0.2, 0) is 16.8 Å². The van der Waals surface area contributed by atoms with Gasteiger partial charge in [-0.2, -0.15) is 0 Å². The lowest BCUT2D eigenvalue weighted by Gasteiger charge is -2.24. The van der Waals surface area contributed by atoms with E-state index < -0.39 is 5.60 Å².